The van der Waals surface area contributed by atoms with Gasteiger partial charge in [-0.1, -0.05) is 12.1 Å². The Hall–Kier alpha value is -2.01. The molecule has 1 atom stereocenters. The first kappa shape index (κ1) is 13.9. The summed E-state index contributed by atoms with van der Waals surface area (Å²) < 4.78 is 10.3. The number of benzene rings is 1. The molecule has 0 fully saturated rings. The third-order valence-corrected chi connectivity index (χ3v) is 4.28. The highest BCUT2D eigenvalue weighted by atomic mass is 32.2. The molecule has 1 aliphatic rings. The molecule has 2 aromatic rings. The Morgan fingerprint density at radius 1 is 1.19 bits per heavy atom. The Balaban J connectivity index is 2.12. The Bertz CT molecular complexity index is 746. The number of rotatable bonds is 2. The molecule has 0 saturated heterocycles. The summed E-state index contributed by atoms with van der Waals surface area (Å²) in [5.74, 6) is 0.115. The fourth-order valence-electron chi connectivity index (χ4n) is 2.55. The standard InChI is InChI=1S/C16H14O4S/c1-9-7-13-15(16(18)19-9)12(8-14(17)20-13)10-3-5-11(21-2)6-4-10/h3-7,12H,8H2,1-2H3/t12-/m1/s1. The minimum atomic E-state index is -0.434. The Labute approximate surface area is 126 Å². The summed E-state index contributed by atoms with van der Waals surface area (Å²) in [6.07, 6.45) is 2.15. The maximum Gasteiger partial charge on any atom is 0.343 e. The van der Waals surface area contributed by atoms with Crippen molar-refractivity contribution in [3.05, 3.63) is 57.6 Å². The molecular formula is C16H14O4S. The largest absolute Gasteiger partial charge is 0.428 e. The summed E-state index contributed by atoms with van der Waals surface area (Å²) in [7, 11) is 0. The van der Waals surface area contributed by atoms with Gasteiger partial charge >= 0.3 is 11.6 Å². The van der Waals surface area contributed by atoms with Crippen LogP contribution in [0, 0.1) is 6.92 Å². The van der Waals surface area contributed by atoms with Crippen LogP contribution in [0.4, 0.5) is 0 Å². The number of fused-ring (bicyclic) bond motifs is 1. The fourth-order valence-corrected chi connectivity index (χ4v) is 2.95. The van der Waals surface area contributed by atoms with E-state index in [2.05, 4.69) is 0 Å². The van der Waals surface area contributed by atoms with E-state index >= 15 is 0 Å². The van der Waals surface area contributed by atoms with Crippen molar-refractivity contribution in [1.82, 2.24) is 0 Å². The molecule has 0 bridgehead atoms. The van der Waals surface area contributed by atoms with E-state index in [1.165, 1.54) is 0 Å². The molecule has 21 heavy (non-hydrogen) atoms. The molecule has 5 heteroatoms. The second-order valence-corrected chi connectivity index (χ2v) is 5.81. The van der Waals surface area contributed by atoms with Gasteiger partial charge in [-0.3, -0.25) is 4.79 Å². The lowest BCUT2D eigenvalue weighted by Gasteiger charge is -2.23. The number of hydrogen-bond donors (Lipinski definition) is 0. The van der Waals surface area contributed by atoms with Crippen LogP contribution in [0.5, 0.6) is 5.75 Å². The summed E-state index contributed by atoms with van der Waals surface area (Å²) in [5, 5.41) is 0. The summed E-state index contributed by atoms with van der Waals surface area (Å²) in [6, 6.07) is 9.44. The smallest absolute Gasteiger partial charge is 0.343 e. The average Bonchev–Trinajstić information content (AvgIpc) is 2.45. The molecule has 0 amide bonds. The Morgan fingerprint density at radius 2 is 1.90 bits per heavy atom. The zero-order valence-electron chi connectivity index (χ0n) is 11.7. The number of carbonyl (C=O) groups excluding carboxylic acids is 1. The summed E-state index contributed by atoms with van der Waals surface area (Å²) >= 11 is 1.64. The molecule has 4 nitrogen and oxygen atoms in total. The van der Waals surface area contributed by atoms with Gasteiger partial charge in [-0.25, -0.2) is 4.79 Å². The van der Waals surface area contributed by atoms with Crippen LogP contribution in [0.15, 0.2) is 44.4 Å². The van der Waals surface area contributed by atoms with Crippen molar-refractivity contribution in [2.75, 3.05) is 6.26 Å². The number of hydrogen-bond acceptors (Lipinski definition) is 5. The van der Waals surface area contributed by atoms with Gasteiger partial charge in [0, 0.05) is 16.9 Å². The predicted octanol–water partition coefficient (Wildman–Crippen LogP) is 3.11. The molecule has 0 spiro atoms. The van der Waals surface area contributed by atoms with Crippen LogP contribution in [0.1, 0.15) is 29.2 Å². The van der Waals surface area contributed by atoms with Crippen LogP contribution in [-0.4, -0.2) is 12.2 Å². The summed E-state index contributed by atoms with van der Waals surface area (Å²) in [4.78, 5) is 25.1. The minimum Gasteiger partial charge on any atom is -0.428 e. The third kappa shape index (κ3) is 2.61. The van der Waals surface area contributed by atoms with Gasteiger partial charge in [-0.2, -0.15) is 0 Å². The average molecular weight is 302 g/mol. The molecule has 108 valence electrons. The third-order valence-electron chi connectivity index (χ3n) is 3.53. The van der Waals surface area contributed by atoms with Crippen molar-refractivity contribution in [2.45, 2.75) is 24.2 Å². The number of ether oxygens (including phenoxy) is 1. The quantitative estimate of drug-likeness (QED) is 0.630. The molecule has 0 aliphatic carbocycles. The van der Waals surface area contributed by atoms with Gasteiger partial charge in [0.05, 0.1) is 12.0 Å². The van der Waals surface area contributed by atoms with Gasteiger partial charge in [0.15, 0.2) is 0 Å². The van der Waals surface area contributed by atoms with Crippen molar-refractivity contribution in [3.8, 4) is 5.75 Å². The van der Waals surface area contributed by atoms with E-state index in [-0.39, 0.29) is 18.3 Å². The molecule has 1 aliphatic heterocycles. The highest BCUT2D eigenvalue weighted by molar-refractivity contribution is 7.98. The van der Waals surface area contributed by atoms with Crippen LogP contribution in [-0.2, 0) is 4.79 Å². The maximum atomic E-state index is 12.1. The molecule has 3 rings (SSSR count). The second kappa shape index (κ2) is 5.41. The number of esters is 1. The molecule has 1 aromatic heterocycles. The molecule has 0 saturated carbocycles. The van der Waals surface area contributed by atoms with Gasteiger partial charge in [-0.05, 0) is 30.9 Å². The number of carbonyl (C=O) groups is 1. The first-order valence-corrected chi connectivity index (χ1v) is 7.80. The SMILES string of the molecule is CSc1ccc([C@H]2CC(=O)Oc3cc(C)oc(=O)c32)cc1. The monoisotopic (exact) mass is 302 g/mol. The van der Waals surface area contributed by atoms with Crippen LogP contribution >= 0.6 is 11.8 Å². The molecule has 0 radical (unpaired) electrons. The van der Waals surface area contributed by atoms with Crippen LogP contribution < -0.4 is 10.4 Å². The topological polar surface area (TPSA) is 56.5 Å². The molecular weight excluding hydrogens is 288 g/mol. The van der Waals surface area contributed by atoms with Crippen molar-refractivity contribution in [3.63, 3.8) is 0 Å². The van der Waals surface area contributed by atoms with E-state index < -0.39 is 5.63 Å². The van der Waals surface area contributed by atoms with E-state index in [0.29, 0.717) is 17.1 Å². The summed E-state index contributed by atoms with van der Waals surface area (Å²) in [6.45, 7) is 1.66. The van der Waals surface area contributed by atoms with Gasteiger partial charge in [0.1, 0.15) is 11.5 Å². The normalized spacial score (nSPS) is 17.2. The van der Waals surface area contributed by atoms with Crippen LogP contribution in [0.3, 0.4) is 0 Å². The van der Waals surface area contributed by atoms with E-state index in [0.717, 1.165) is 10.5 Å². The Kier molecular flexibility index (Phi) is 3.59. The zero-order chi connectivity index (χ0) is 15.0. The number of aryl methyl sites for hydroxylation is 1. The highest BCUT2D eigenvalue weighted by Crippen LogP contribution is 2.37. The van der Waals surface area contributed by atoms with Gasteiger partial charge in [0.2, 0.25) is 0 Å². The zero-order valence-corrected chi connectivity index (χ0v) is 12.5. The van der Waals surface area contributed by atoms with Gasteiger partial charge in [0.25, 0.3) is 0 Å². The lowest BCUT2D eigenvalue weighted by Crippen LogP contribution is -2.26. The van der Waals surface area contributed by atoms with Crippen molar-refractivity contribution < 1.29 is 13.9 Å². The van der Waals surface area contributed by atoms with Gasteiger partial charge < -0.3 is 9.15 Å². The van der Waals surface area contributed by atoms with E-state index in [9.17, 15) is 9.59 Å². The molecule has 2 heterocycles. The van der Waals surface area contributed by atoms with Crippen LogP contribution in [0.2, 0.25) is 0 Å². The lowest BCUT2D eigenvalue weighted by molar-refractivity contribution is -0.135. The first-order valence-electron chi connectivity index (χ1n) is 6.57. The van der Waals surface area contributed by atoms with Crippen LogP contribution in [0.25, 0.3) is 0 Å². The van der Waals surface area contributed by atoms with Crippen molar-refractivity contribution in [1.29, 1.82) is 0 Å². The molecule has 1 aromatic carbocycles. The van der Waals surface area contributed by atoms with Crippen molar-refractivity contribution >= 4 is 17.7 Å². The maximum absolute atomic E-state index is 12.1. The fraction of sp³-hybridized carbons (Fsp3) is 0.250. The van der Waals surface area contributed by atoms with E-state index in [1.54, 1.807) is 24.8 Å². The second-order valence-electron chi connectivity index (χ2n) is 4.93. The first-order chi connectivity index (χ1) is 10.1. The van der Waals surface area contributed by atoms with E-state index in [1.807, 2.05) is 30.5 Å². The Morgan fingerprint density at radius 3 is 2.57 bits per heavy atom. The van der Waals surface area contributed by atoms with Crippen molar-refractivity contribution in [2.24, 2.45) is 0 Å². The lowest BCUT2D eigenvalue weighted by atomic mass is 9.87. The molecule has 0 N–H and O–H groups in total. The van der Waals surface area contributed by atoms with Gasteiger partial charge in [-0.15, -0.1) is 11.8 Å². The minimum absolute atomic E-state index is 0.152. The highest BCUT2D eigenvalue weighted by Gasteiger charge is 2.32. The molecule has 0 unspecified atom stereocenters. The predicted molar refractivity (Wildman–Crippen MR) is 80.0 cm³/mol. The van der Waals surface area contributed by atoms with E-state index in [4.69, 9.17) is 9.15 Å². The summed E-state index contributed by atoms with van der Waals surface area (Å²) in [5.41, 5.74) is 0.912. The number of thioether (sulfide) groups is 1.